The number of halogens is 2. The Balaban J connectivity index is 2.06. The molecule has 0 aliphatic heterocycles. The van der Waals surface area contributed by atoms with E-state index >= 15 is 0 Å². The highest BCUT2D eigenvalue weighted by atomic mass is 79.9. The fourth-order valence-corrected chi connectivity index (χ4v) is 5.54. The third-order valence-electron chi connectivity index (χ3n) is 6.29. The molecule has 208 valence electrons. The van der Waals surface area contributed by atoms with Gasteiger partial charge in [0.25, 0.3) is 0 Å². The molecular weight excluding hydrogens is 602 g/mol. The first-order valence-corrected chi connectivity index (χ1v) is 15.6. The zero-order valence-electron chi connectivity index (χ0n) is 22.2. The molecule has 2 amide bonds. The van der Waals surface area contributed by atoms with Crippen LogP contribution in [0.3, 0.4) is 0 Å². The first-order valence-electron chi connectivity index (χ1n) is 12.6. The second-order valence-electron chi connectivity index (χ2n) is 9.42. The van der Waals surface area contributed by atoms with Crippen molar-refractivity contribution in [2.24, 2.45) is 0 Å². The number of sulfonamides is 1. The first kappa shape index (κ1) is 30.7. The van der Waals surface area contributed by atoms with Gasteiger partial charge in [0.1, 0.15) is 12.6 Å². The highest BCUT2D eigenvalue weighted by Crippen LogP contribution is 2.24. The Morgan fingerprint density at radius 2 is 1.64 bits per heavy atom. The van der Waals surface area contributed by atoms with Crippen LogP contribution >= 0.6 is 27.5 Å². The van der Waals surface area contributed by atoms with Crippen molar-refractivity contribution in [3.05, 3.63) is 99.5 Å². The maximum Gasteiger partial charge on any atom is 0.244 e. The monoisotopic (exact) mass is 633 g/mol. The zero-order chi connectivity index (χ0) is 28.6. The smallest absolute Gasteiger partial charge is 0.244 e. The van der Waals surface area contributed by atoms with E-state index in [1.54, 1.807) is 18.2 Å². The van der Waals surface area contributed by atoms with E-state index in [1.807, 2.05) is 68.4 Å². The molecule has 39 heavy (non-hydrogen) atoms. The van der Waals surface area contributed by atoms with Gasteiger partial charge in [0.15, 0.2) is 0 Å². The number of benzene rings is 3. The Labute approximate surface area is 244 Å². The number of anilines is 1. The normalized spacial score (nSPS) is 12.8. The number of amides is 2. The predicted molar refractivity (Wildman–Crippen MR) is 160 cm³/mol. The van der Waals surface area contributed by atoms with Gasteiger partial charge in [-0.3, -0.25) is 13.9 Å². The van der Waals surface area contributed by atoms with E-state index in [2.05, 4.69) is 21.2 Å². The van der Waals surface area contributed by atoms with Crippen molar-refractivity contribution >= 4 is 55.1 Å². The van der Waals surface area contributed by atoms with Crippen LogP contribution in [0, 0.1) is 0 Å². The Hall–Kier alpha value is -2.88. The molecule has 3 aromatic rings. The average Bonchev–Trinajstić information content (AvgIpc) is 2.89. The lowest BCUT2D eigenvalue weighted by molar-refractivity contribution is -0.140. The standard InChI is InChI=1S/C29H33BrClN3O4S/c1-4-21(2)32-29(36)27(17-22-10-6-5-7-11-22)33(19-23-12-8-13-24(30)16-23)28(35)20-34(39(3,37)38)26-15-9-14-25(31)18-26/h5-16,18,21,27H,4,17,19-20H2,1-3H3,(H,32,36). The van der Waals surface area contributed by atoms with Crippen LogP contribution < -0.4 is 9.62 Å². The van der Waals surface area contributed by atoms with E-state index < -0.39 is 28.5 Å². The minimum absolute atomic E-state index is 0.0995. The molecule has 0 spiro atoms. The summed E-state index contributed by atoms with van der Waals surface area (Å²) < 4.78 is 27.5. The van der Waals surface area contributed by atoms with Gasteiger partial charge in [0.05, 0.1) is 11.9 Å². The average molecular weight is 635 g/mol. The molecule has 0 aliphatic rings. The minimum Gasteiger partial charge on any atom is -0.352 e. The summed E-state index contributed by atoms with van der Waals surface area (Å²) in [5.41, 5.74) is 1.94. The molecule has 0 saturated heterocycles. The van der Waals surface area contributed by atoms with Gasteiger partial charge in [-0.25, -0.2) is 8.42 Å². The summed E-state index contributed by atoms with van der Waals surface area (Å²) in [5, 5.41) is 3.36. The van der Waals surface area contributed by atoms with E-state index in [0.717, 1.165) is 32.6 Å². The number of carbonyl (C=O) groups is 2. The summed E-state index contributed by atoms with van der Waals surface area (Å²) >= 11 is 9.60. The van der Waals surface area contributed by atoms with Crippen LogP contribution in [0.15, 0.2) is 83.3 Å². The van der Waals surface area contributed by atoms with Gasteiger partial charge in [0.2, 0.25) is 21.8 Å². The van der Waals surface area contributed by atoms with Crippen molar-refractivity contribution in [2.45, 2.75) is 45.3 Å². The fraction of sp³-hybridized carbons (Fsp3) is 0.310. The van der Waals surface area contributed by atoms with Crippen molar-refractivity contribution in [2.75, 3.05) is 17.1 Å². The molecule has 0 bridgehead atoms. The van der Waals surface area contributed by atoms with Crippen LogP contribution in [-0.4, -0.2) is 50.0 Å². The number of hydrogen-bond acceptors (Lipinski definition) is 4. The first-order chi connectivity index (χ1) is 18.5. The zero-order valence-corrected chi connectivity index (χ0v) is 25.3. The Bertz CT molecular complexity index is 1390. The lowest BCUT2D eigenvalue weighted by atomic mass is 10.0. The molecular formula is C29H33BrClN3O4S. The second kappa shape index (κ2) is 14.0. The fourth-order valence-electron chi connectivity index (χ4n) is 4.07. The van der Waals surface area contributed by atoms with Crippen LogP contribution in [0.2, 0.25) is 5.02 Å². The lowest BCUT2D eigenvalue weighted by Gasteiger charge is -2.34. The van der Waals surface area contributed by atoms with Crippen LogP contribution in [-0.2, 0) is 32.6 Å². The van der Waals surface area contributed by atoms with Crippen LogP contribution in [0.1, 0.15) is 31.4 Å². The molecule has 0 aromatic heterocycles. The third-order valence-corrected chi connectivity index (χ3v) is 8.16. The summed E-state index contributed by atoms with van der Waals surface area (Å²) in [4.78, 5) is 29.2. The number of nitrogens with one attached hydrogen (secondary N) is 1. The van der Waals surface area contributed by atoms with Gasteiger partial charge < -0.3 is 10.2 Å². The van der Waals surface area contributed by atoms with E-state index in [1.165, 1.54) is 11.0 Å². The summed E-state index contributed by atoms with van der Waals surface area (Å²) in [6, 6.07) is 22.2. The molecule has 2 atom stereocenters. The molecule has 2 unspecified atom stereocenters. The highest BCUT2D eigenvalue weighted by Gasteiger charge is 2.33. The molecule has 0 aliphatic carbocycles. The van der Waals surface area contributed by atoms with Crippen molar-refractivity contribution < 1.29 is 18.0 Å². The summed E-state index contributed by atoms with van der Waals surface area (Å²) in [6.45, 7) is 3.49. The summed E-state index contributed by atoms with van der Waals surface area (Å²) in [7, 11) is -3.85. The van der Waals surface area contributed by atoms with Crippen molar-refractivity contribution in [1.82, 2.24) is 10.2 Å². The van der Waals surface area contributed by atoms with Gasteiger partial charge in [-0.1, -0.05) is 83.0 Å². The van der Waals surface area contributed by atoms with Crippen molar-refractivity contribution in [1.29, 1.82) is 0 Å². The Morgan fingerprint density at radius 1 is 0.974 bits per heavy atom. The number of hydrogen-bond donors (Lipinski definition) is 1. The third kappa shape index (κ3) is 9.08. The van der Waals surface area contributed by atoms with E-state index in [-0.39, 0.29) is 30.6 Å². The van der Waals surface area contributed by atoms with Crippen molar-refractivity contribution in [3.63, 3.8) is 0 Å². The minimum atomic E-state index is -3.85. The molecule has 3 aromatic carbocycles. The van der Waals surface area contributed by atoms with E-state index in [9.17, 15) is 18.0 Å². The molecule has 7 nitrogen and oxygen atoms in total. The molecule has 0 fully saturated rings. The Kier molecular flexibility index (Phi) is 11.0. The molecule has 3 rings (SSSR count). The predicted octanol–water partition coefficient (Wildman–Crippen LogP) is 5.42. The second-order valence-corrected chi connectivity index (χ2v) is 12.7. The largest absolute Gasteiger partial charge is 0.352 e. The summed E-state index contributed by atoms with van der Waals surface area (Å²) in [5.74, 6) is -0.814. The van der Waals surface area contributed by atoms with Gasteiger partial charge in [0, 0.05) is 28.5 Å². The molecule has 10 heteroatoms. The van der Waals surface area contributed by atoms with Gasteiger partial charge in [-0.15, -0.1) is 0 Å². The van der Waals surface area contributed by atoms with Crippen molar-refractivity contribution in [3.8, 4) is 0 Å². The maximum atomic E-state index is 14.0. The Morgan fingerprint density at radius 3 is 2.26 bits per heavy atom. The van der Waals surface area contributed by atoms with Crippen LogP contribution in [0.5, 0.6) is 0 Å². The maximum absolute atomic E-state index is 14.0. The quantitative estimate of drug-likeness (QED) is 0.288. The SMILES string of the molecule is CCC(C)NC(=O)C(Cc1ccccc1)N(Cc1cccc(Br)c1)C(=O)CN(c1cccc(Cl)c1)S(C)(=O)=O. The number of nitrogens with zero attached hydrogens (tertiary/aromatic N) is 2. The van der Waals surface area contributed by atoms with Crippen LogP contribution in [0.25, 0.3) is 0 Å². The number of carbonyl (C=O) groups excluding carboxylic acids is 2. The molecule has 0 radical (unpaired) electrons. The van der Waals surface area contributed by atoms with Gasteiger partial charge >= 0.3 is 0 Å². The summed E-state index contributed by atoms with van der Waals surface area (Å²) in [6.07, 6.45) is 2.02. The lowest BCUT2D eigenvalue weighted by Crippen LogP contribution is -2.54. The van der Waals surface area contributed by atoms with Gasteiger partial charge in [-0.05, 0) is 54.8 Å². The van der Waals surface area contributed by atoms with E-state index in [4.69, 9.17) is 11.6 Å². The van der Waals surface area contributed by atoms with E-state index in [0.29, 0.717) is 5.02 Å². The number of rotatable bonds is 12. The highest BCUT2D eigenvalue weighted by molar-refractivity contribution is 9.10. The van der Waals surface area contributed by atoms with Gasteiger partial charge in [-0.2, -0.15) is 0 Å². The molecule has 0 heterocycles. The van der Waals surface area contributed by atoms with Crippen LogP contribution in [0.4, 0.5) is 5.69 Å². The topological polar surface area (TPSA) is 86.8 Å². The molecule has 0 saturated carbocycles. The molecule has 1 N–H and O–H groups in total.